The van der Waals surface area contributed by atoms with Crippen molar-refractivity contribution in [2.75, 3.05) is 12.3 Å². The summed E-state index contributed by atoms with van der Waals surface area (Å²) in [7, 11) is -4.01. The number of nitrogen functional groups attached to an aromatic ring is 1. The van der Waals surface area contributed by atoms with Crippen LogP contribution in [-0.4, -0.2) is 15.0 Å². The van der Waals surface area contributed by atoms with Gasteiger partial charge in [0.15, 0.2) is 5.82 Å². The minimum absolute atomic E-state index is 0.0254. The molecule has 0 unspecified atom stereocenters. The van der Waals surface area contributed by atoms with Gasteiger partial charge in [-0.2, -0.15) is 0 Å². The van der Waals surface area contributed by atoms with Gasteiger partial charge < -0.3 is 5.73 Å². The van der Waals surface area contributed by atoms with Crippen molar-refractivity contribution in [3.05, 3.63) is 34.0 Å². The second-order valence-corrected chi connectivity index (χ2v) is 6.28. The second-order valence-electron chi connectivity index (χ2n) is 3.16. The van der Waals surface area contributed by atoms with Crippen LogP contribution in [0.5, 0.6) is 0 Å². The van der Waals surface area contributed by atoms with Crippen LogP contribution in [-0.2, 0) is 10.0 Å². The summed E-state index contributed by atoms with van der Waals surface area (Å²) in [5.41, 5.74) is 5.58. The van der Waals surface area contributed by atoms with Gasteiger partial charge in [-0.05, 0) is 28.1 Å². The van der Waals surface area contributed by atoms with Crippen LogP contribution < -0.4 is 10.5 Å². The molecular weight excluding hydrogens is 335 g/mol. The third-order valence-electron chi connectivity index (χ3n) is 1.76. The molecule has 1 aromatic carbocycles. The Morgan fingerprint density at radius 2 is 2.18 bits per heavy atom. The van der Waals surface area contributed by atoms with Gasteiger partial charge in [-0.1, -0.05) is 18.2 Å². The van der Waals surface area contributed by atoms with Crippen molar-refractivity contribution < 1.29 is 12.8 Å². The highest BCUT2D eigenvalue weighted by atomic mass is 79.9. The van der Waals surface area contributed by atoms with Gasteiger partial charge in [0, 0.05) is 17.3 Å². The van der Waals surface area contributed by atoms with Crippen molar-refractivity contribution >= 4 is 43.2 Å². The SMILES string of the molecule is C=C(Cl)CNS(=O)(=O)c1cc(N)cc(Br)c1F. The molecule has 0 radical (unpaired) electrons. The van der Waals surface area contributed by atoms with E-state index in [2.05, 4.69) is 27.2 Å². The number of rotatable bonds is 4. The molecule has 1 aromatic rings. The molecule has 17 heavy (non-hydrogen) atoms. The molecule has 0 aromatic heterocycles. The van der Waals surface area contributed by atoms with E-state index >= 15 is 0 Å². The summed E-state index contributed by atoms with van der Waals surface area (Å²) in [6.45, 7) is 3.14. The lowest BCUT2D eigenvalue weighted by Gasteiger charge is -2.08. The zero-order chi connectivity index (χ0) is 13.2. The Morgan fingerprint density at radius 1 is 1.59 bits per heavy atom. The van der Waals surface area contributed by atoms with Gasteiger partial charge >= 0.3 is 0 Å². The van der Waals surface area contributed by atoms with Crippen molar-refractivity contribution in [3.8, 4) is 0 Å². The van der Waals surface area contributed by atoms with Crippen molar-refractivity contribution in [2.45, 2.75) is 4.90 Å². The summed E-state index contributed by atoms with van der Waals surface area (Å²) < 4.78 is 39.2. The van der Waals surface area contributed by atoms with Crippen molar-refractivity contribution in [1.29, 1.82) is 0 Å². The fourth-order valence-electron chi connectivity index (χ4n) is 1.03. The van der Waals surface area contributed by atoms with Crippen LogP contribution in [0, 0.1) is 5.82 Å². The Bertz CT molecular complexity index is 562. The zero-order valence-electron chi connectivity index (χ0n) is 8.50. The molecule has 0 aliphatic rings. The molecule has 0 saturated carbocycles. The van der Waals surface area contributed by atoms with Gasteiger partial charge in [0.25, 0.3) is 0 Å². The number of hydrogen-bond donors (Lipinski definition) is 2. The van der Waals surface area contributed by atoms with Gasteiger partial charge in [0.1, 0.15) is 4.90 Å². The maximum atomic E-state index is 13.6. The van der Waals surface area contributed by atoms with E-state index < -0.39 is 20.7 Å². The molecule has 0 heterocycles. The molecule has 3 N–H and O–H groups in total. The summed E-state index contributed by atoms with van der Waals surface area (Å²) >= 11 is 8.30. The topological polar surface area (TPSA) is 72.2 Å². The Labute approximate surface area is 112 Å². The number of benzene rings is 1. The van der Waals surface area contributed by atoms with Gasteiger partial charge in [0.05, 0.1) is 4.47 Å². The fraction of sp³-hybridized carbons (Fsp3) is 0.111. The number of sulfonamides is 1. The minimum Gasteiger partial charge on any atom is -0.399 e. The molecule has 8 heteroatoms. The molecule has 0 saturated heterocycles. The predicted octanol–water partition coefficient (Wildman–Crippen LogP) is 2.20. The Balaban J connectivity index is 3.19. The summed E-state index contributed by atoms with van der Waals surface area (Å²) in [6.07, 6.45) is 0. The summed E-state index contributed by atoms with van der Waals surface area (Å²) in [5.74, 6) is -0.910. The molecule has 4 nitrogen and oxygen atoms in total. The van der Waals surface area contributed by atoms with E-state index in [0.717, 1.165) is 6.07 Å². The highest BCUT2D eigenvalue weighted by Gasteiger charge is 2.21. The third kappa shape index (κ3) is 3.67. The first-order valence-electron chi connectivity index (χ1n) is 4.31. The number of hydrogen-bond acceptors (Lipinski definition) is 3. The largest absolute Gasteiger partial charge is 0.399 e. The van der Waals surface area contributed by atoms with Crippen LogP contribution in [0.3, 0.4) is 0 Å². The van der Waals surface area contributed by atoms with E-state index in [-0.39, 0.29) is 21.7 Å². The van der Waals surface area contributed by atoms with E-state index in [1.165, 1.54) is 6.07 Å². The third-order valence-corrected chi connectivity index (χ3v) is 3.87. The number of nitrogens with two attached hydrogens (primary N) is 1. The van der Waals surface area contributed by atoms with E-state index in [0.29, 0.717) is 0 Å². The number of nitrogens with one attached hydrogen (secondary N) is 1. The molecular formula is C9H9BrClFN2O2S. The van der Waals surface area contributed by atoms with Gasteiger partial charge in [-0.25, -0.2) is 17.5 Å². The average molecular weight is 344 g/mol. The number of halogens is 3. The molecule has 94 valence electrons. The monoisotopic (exact) mass is 342 g/mol. The molecule has 0 aliphatic heterocycles. The number of anilines is 1. The highest BCUT2D eigenvalue weighted by molar-refractivity contribution is 9.10. The van der Waals surface area contributed by atoms with Crippen molar-refractivity contribution in [3.63, 3.8) is 0 Å². The van der Waals surface area contributed by atoms with E-state index in [9.17, 15) is 12.8 Å². The van der Waals surface area contributed by atoms with E-state index in [1.54, 1.807) is 0 Å². The molecule has 0 amide bonds. The zero-order valence-corrected chi connectivity index (χ0v) is 11.7. The molecule has 0 fully saturated rings. The van der Waals surface area contributed by atoms with Gasteiger partial charge in [0.2, 0.25) is 10.0 Å². The van der Waals surface area contributed by atoms with Gasteiger partial charge in [-0.3, -0.25) is 0 Å². The summed E-state index contributed by atoms with van der Waals surface area (Å²) in [6, 6.07) is 2.30. The van der Waals surface area contributed by atoms with Crippen LogP contribution in [0.15, 0.2) is 33.1 Å². The summed E-state index contributed by atoms with van der Waals surface area (Å²) in [4.78, 5) is -0.540. The van der Waals surface area contributed by atoms with Crippen molar-refractivity contribution in [1.82, 2.24) is 4.72 Å². The lowest BCUT2D eigenvalue weighted by atomic mass is 10.3. The molecule has 1 rings (SSSR count). The molecule has 0 atom stereocenters. The molecule has 0 aliphatic carbocycles. The standard InChI is InChI=1S/C9H9BrClFN2O2S/c1-5(11)4-14-17(15,16)8-3-6(13)2-7(10)9(8)12/h2-3,14H,1,4,13H2. The second kappa shape index (κ2) is 5.34. The normalized spacial score (nSPS) is 11.5. The van der Waals surface area contributed by atoms with Crippen LogP contribution in [0.1, 0.15) is 0 Å². The quantitative estimate of drug-likeness (QED) is 0.823. The molecule has 0 spiro atoms. The van der Waals surface area contributed by atoms with Crippen molar-refractivity contribution in [2.24, 2.45) is 0 Å². The molecule has 0 bridgehead atoms. The highest BCUT2D eigenvalue weighted by Crippen LogP contribution is 2.25. The van der Waals surface area contributed by atoms with Crippen LogP contribution in [0.4, 0.5) is 10.1 Å². The maximum Gasteiger partial charge on any atom is 0.243 e. The first kappa shape index (κ1) is 14.4. The Kier molecular flexibility index (Phi) is 4.54. The first-order chi connectivity index (χ1) is 7.74. The Hall–Kier alpha value is -0.630. The van der Waals surface area contributed by atoms with E-state index in [1.807, 2.05) is 0 Å². The maximum absolute atomic E-state index is 13.6. The lowest BCUT2D eigenvalue weighted by Crippen LogP contribution is -2.26. The predicted molar refractivity (Wildman–Crippen MR) is 68.7 cm³/mol. The van der Waals surface area contributed by atoms with Crippen LogP contribution in [0.25, 0.3) is 0 Å². The van der Waals surface area contributed by atoms with E-state index in [4.69, 9.17) is 17.3 Å². The first-order valence-corrected chi connectivity index (χ1v) is 6.97. The lowest BCUT2D eigenvalue weighted by molar-refractivity contribution is 0.557. The van der Waals surface area contributed by atoms with Crippen LogP contribution >= 0.6 is 27.5 Å². The fourth-order valence-corrected chi connectivity index (χ4v) is 2.94. The van der Waals surface area contributed by atoms with Crippen LogP contribution in [0.2, 0.25) is 0 Å². The Morgan fingerprint density at radius 3 is 2.71 bits per heavy atom. The average Bonchev–Trinajstić information content (AvgIpc) is 2.20. The minimum atomic E-state index is -4.01. The smallest absolute Gasteiger partial charge is 0.243 e. The van der Waals surface area contributed by atoms with Gasteiger partial charge in [-0.15, -0.1) is 0 Å². The summed E-state index contributed by atoms with van der Waals surface area (Å²) in [5, 5.41) is 0.0944.